The number of hydrogen-bond acceptors (Lipinski definition) is 3. The minimum atomic E-state index is -1.02. The van der Waals surface area contributed by atoms with Gasteiger partial charge in [0.1, 0.15) is 11.6 Å². The topological polar surface area (TPSA) is 60.9 Å². The van der Waals surface area contributed by atoms with E-state index in [2.05, 4.69) is 5.10 Å². The van der Waals surface area contributed by atoms with E-state index in [0.29, 0.717) is 11.6 Å². The predicted octanol–water partition coefficient (Wildman–Crippen LogP) is 1.58. The lowest BCUT2D eigenvalue weighted by atomic mass is 10.0. The van der Waals surface area contributed by atoms with Crippen LogP contribution in [0.25, 0.3) is 0 Å². The van der Waals surface area contributed by atoms with Crippen LogP contribution in [0.4, 0.5) is 8.78 Å². The fraction of sp³-hybridized carbons (Fsp3) is 0.167. The summed E-state index contributed by atoms with van der Waals surface area (Å²) in [6.45, 7) is 0. The molecule has 1 aromatic carbocycles. The third-order valence-electron chi connectivity index (χ3n) is 2.56. The molecule has 1 heterocycles. The van der Waals surface area contributed by atoms with Crippen LogP contribution in [0.5, 0.6) is 0 Å². The van der Waals surface area contributed by atoms with Crippen molar-refractivity contribution in [2.45, 2.75) is 6.04 Å². The number of carbonyl (C=O) groups excluding carboxylic acids is 1. The van der Waals surface area contributed by atoms with Crippen LogP contribution in [0.3, 0.4) is 0 Å². The molecule has 0 saturated heterocycles. The molecule has 0 amide bonds. The zero-order valence-electron chi connectivity index (χ0n) is 9.60. The summed E-state index contributed by atoms with van der Waals surface area (Å²) in [4.78, 5) is 12.0. The maximum Gasteiger partial charge on any atom is 0.187 e. The normalized spacial score (nSPS) is 12.4. The number of ketones is 1. The van der Waals surface area contributed by atoms with E-state index in [1.807, 2.05) is 0 Å². The highest BCUT2D eigenvalue weighted by atomic mass is 19.1. The van der Waals surface area contributed by atoms with Crippen molar-refractivity contribution in [3.8, 4) is 0 Å². The van der Waals surface area contributed by atoms with E-state index in [1.165, 1.54) is 10.9 Å². The molecule has 1 aromatic heterocycles. The zero-order valence-corrected chi connectivity index (χ0v) is 9.60. The Bertz CT molecular complexity index is 595. The quantitative estimate of drug-likeness (QED) is 0.842. The molecular weight excluding hydrogens is 240 g/mol. The number of benzene rings is 1. The molecule has 0 fully saturated rings. The number of rotatable bonds is 3. The first-order chi connectivity index (χ1) is 8.49. The van der Waals surface area contributed by atoms with Gasteiger partial charge in [0, 0.05) is 24.9 Å². The number of carbonyl (C=O) groups is 1. The van der Waals surface area contributed by atoms with E-state index in [-0.39, 0.29) is 5.56 Å². The first kappa shape index (κ1) is 12.4. The van der Waals surface area contributed by atoms with Gasteiger partial charge < -0.3 is 5.73 Å². The molecule has 1 unspecified atom stereocenters. The maximum absolute atomic E-state index is 13.4. The number of halogens is 2. The molecule has 6 heteroatoms. The summed E-state index contributed by atoms with van der Waals surface area (Å²) in [7, 11) is 1.68. The summed E-state index contributed by atoms with van der Waals surface area (Å²) in [5, 5.41) is 3.88. The van der Waals surface area contributed by atoms with Gasteiger partial charge in [0.15, 0.2) is 5.78 Å². The molecule has 2 aromatic rings. The zero-order chi connectivity index (χ0) is 13.3. The Labute approximate surface area is 102 Å². The van der Waals surface area contributed by atoms with Gasteiger partial charge >= 0.3 is 0 Å². The predicted molar refractivity (Wildman–Crippen MR) is 60.8 cm³/mol. The Hall–Kier alpha value is -2.08. The van der Waals surface area contributed by atoms with Crippen LogP contribution in [-0.2, 0) is 7.05 Å². The van der Waals surface area contributed by atoms with Gasteiger partial charge in [-0.2, -0.15) is 5.10 Å². The lowest BCUT2D eigenvalue weighted by Crippen LogP contribution is -2.22. The summed E-state index contributed by atoms with van der Waals surface area (Å²) in [6, 6.07) is 1.75. The van der Waals surface area contributed by atoms with Gasteiger partial charge in [0.05, 0.1) is 17.8 Å². The summed E-state index contributed by atoms with van der Waals surface area (Å²) >= 11 is 0. The molecule has 2 rings (SSSR count). The molecule has 0 saturated carbocycles. The molecular formula is C12H11F2N3O. The molecule has 0 aliphatic heterocycles. The molecule has 4 nitrogen and oxygen atoms in total. The van der Waals surface area contributed by atoms with Crippen LogP contribution in [0.2, 0.25) is 0 Å². The van der Waals surface area contributed by atoms with Gasteiger partial charge in [0.25, 0.3) is 0 Å². The number of hydrogen-bond donors (Lipinski definition) is 1. The first-order valence-corrected chi connectivity index (χ1v) is 5.22. The van der Waals surface area contributed by atoms with Crippen LogP contribution >= 0.6 is 0 Å². The largest absolute Gasteiger partial charge is 0.317 e. The van der Waals surface area contributed by atoms with Crippen molar-refractivity contribution in [1.29, 1.82) is 0 Å². The highest BCUT2D eigenvalue weighted by Gasteiger charge is 2.22. The van der Waals surface area contributed by atoms with Crippen LogP contribution in [-0.4, -0.2) is 15.6 Å². The molecule has 0 bridgehead atoms. The van der Waals surface area contributed by atoms with Gasteiger partial charge in [-0.3, -0.25) is 9.48 Å². The third-order valence-corrected chi connectivity index (χ3v) is 2.56. The molecule has 0 spiro atoms. The van der Waals surface area contributed by atoms with Crippen LogP contribution in [0, 0.1) is 11.6 Å². The van der Waals surface area contributed by atoms with Gasteiger partial charge in [-0.15, -0.1) is 0 Å². The second-order valence-electron chi connectivity index (χ2n) is 3.91. The molecule has 1 atom stereocenters. The summed E-state index contributed by atoms with van der Waals surface area (Å²) in [5.41, 5.74) is 5.98. The fourth-order valence-electron chi connectivity index (χ4n) is 1.61. The van der Waals surface area contributed by atoms with E-state index in [0.717, 1.165) is 12.1 Å². The Morgan fingerprint density at radius 3 is 2.72 bits per heavy atom. The third kappa shape index (κ3) is 2.28. The Morgan fingerprint density at radius 2 is 2.17 bits per heavy atom. The minimum absolute atomic E-state index is 0.229. The van der Waals surface area contributed by atoms with E-state index >= 15 is 0 Å². The molecule has 18 heavy (non-hydrogen) atoms. The van der Waals surface area contributed by atoms with Crippen molar-refractivity contribution >= 4 is 5.78 Å². The smallest absolute Gasteiger partial charge is 0.187 e. The molecule has 94 valence electrons. The first-order valence-electron chi connectivity index (χ1n) is 5.22. The number of aryl methyl sites for hydroxylation is 1. The van der Waals surface area contributed by atoms with Gasteiger partial charge in [-0.05, 0) is 12.1 Å². The Morgan fingerprint density at radius 1 is 1.44 bits per heavy atom. The van der Waals surface area contributed by atoms with E-state index in [9.17, 15) is 13.6 Å². The van der Waals surface area contributed by atoms with Crippen molar-refractivity contribution in [2.24, 2.45) is 12.8 Å². The van der Waals surface area contributed by atoms with Crippen LogP contribution in [0.15, 0.2) is 30.6 Å². The molecule has 0 radical (unpaired) electrons. The van der Waals surface area contributed by atoms with E-state index < -0.39 is 23.5 Å². The Kier molecular flexibility index (Phi) is 3.20. The average molecular weight is 251 g/mol. The van der Waals surface area contributed by atoms with Crippen molar-refractivity contribution in [2.75, 3.05) is 0 Å². The highest BCUT2D eigenvalue weighted by molar-refractivity contribution is 6.00. The monoisotopic (exact) mass is 251 g/mol. The van der Waals surface area contributed by atoms with Crippen LogP contribution in [0.1, 0.15) is 22.0 Å². The Balaban J connectivity index is 2.31. The van der Waals surface area contributed by atoms with Gasteiger partial charge in [0.2, 0.25) is 0 Å². The summed E-state index contributed by atoms with van der Waals surface area (Å²) in [6.07, 6.45) is 3.01. The standard InChI is InChI=1S/C12H11F2N3O/c1-17-6-7(5-16-17)11(15)12(18)9-3-2-8(13)4-10(9)14/h2-6,11H,15H2,1H3. The fourth-order valence-corrected chi connectivity index (χ4v) is 1.61. The lowest BCUT2D eigenvalue weighted by Gasteiger charge is -2.09. The minimum Gasteiger partial charge on any atom is -0.317 e. The number of aromatic nitrogens is 2. The van der Waals surface area contributed by atoms with Gasteiger partial charge in [-0.25, -0.2) is 8.78 Å². The SMILES string of the molecule is Cn1cc(C(N)C(=O)c2ccc(F)cc2F)cn1. The van der Waals surface area contributed by atoms with Crippen molar-refractivity contribution in [3.05, 3.63) is 53.4 Å². The number of nitrogens with two attached hydrogens (primary N) is 1. The van der Waals surface area contributed by atoms with E-state index in [1.54, 1.807) is 13.2 Å². The van der Waals surface area contributed by atoms with Crippen LogP contribution < -0.4 is 5.73 Å². The molecule has 0 aliphatic rings. The molecule has 2 N–H and O–H groups in total. The molecule has 0 aliphatic carbocycles. The average Bonchev–Trinajstić information content (AvgIpc) is 2.74. The van der Waals surface area contributed by atoms with E-state index in [4.69, 9.17) is 5.73 Å². The van der Waals surface area contributed by atoms with Crippen molar-refractivity contribution in [1.82, 2.24) is 9.78 Å². The lowest BCUT2D eigenvalue weighted by molar-refractivity contribution is 0.0957. The second kappa shape index (κ2) is 4.66. The maximum atomic E-state index is 13.4. The summed E-state index contributed by atoms with van der Waals surface area (Å²) in [5.74, 6) is -2.26. The van der Waals surface area contributed by atoms with Crippen molar-refractivity contribution < 1.29 is 13.6 Å². The number of Topliss-reactive ketones (excluding diaryl/α,β-unsaturated/α-hetero) is 1. The summed E-state index contributed by atoms with van der Waals surface area (Å²) < 4.78 is 27.7. The number of nitrogens with zero attached hydrogens (tertiary/aromatic N) is 2. The van der Waals surface area contributed by atoms with Gasteiger partial charge in [-0.1, -0.05) is 0 Å². The highest BCUT2D eigenvalue weighted by Crippen LogP contribution is 2.18. The second-order valence-corrected chi connectivity index (χ2v) is 3.91. The van der Waals surface area contributed by atoms with Crippen molar-refractivity contribution in [3.63, 3.8) is 0 Å².